The first-order chi connectivity index (χ1) is 15.7. The Hall–Kier alpha value is -1.32. The average molecular weight is 456 g/mol. The first-order valence-electron chi connectivity index (χ1n) is 14.0. The molecule has 0 heterocycles. The van der Waals surface area contributed by atoms with Gasteiger partial charge in [-0.25, -0.2) is 0 Å². The zero-order chi connectivity index (χ0) is 23.6. The van der Waals surface area contributed by atoms with Crippen LogP contribution in [0.4, 0.5) is 0 Å². The van der Waals surface area contributed by atoms with Crippen LogP contribution in [0.1, 0.15) is 111 Å². The lowest BCUT2D eigenvalue weighted by Crippen LogP contribution is -2.49. The quantitative estimate of drug-likeness (QED) is 0.471. The molecular weight excluding hydrogens is 406 g/mol. The molecule has 33 heavy (non-hydrogen) atoms. The van der Waals surface area contributed by atoms with Crippen LogP contribution < -0.4 is 10.6 Å². The second-order valence-corrected chi connectivity index (χ2v) is 12.9. The van der Waals surface area contributed by atoms with E-state index < -0.39 is 0 Å². The van der Waals surface area contributed by atoms with E-state index in [0.717, 1.165) is 31.1 Å². The van der Waals surface area contributed by atoms with Gasteiger partial charge >= 0.3 is 0 Å². The van der Waals surface area contributed by atoms with Gasteiger partial charge in [0.25, 0.3) is 5.91 Å². The molecule has 0 aliphatic heterocycles. The van der Waals surface area contributed by atoms with Gasteiger partial charge < -0.3 is 10.6 Å². The number of nitrogens with one attached hydrogen (secondary N) is 2. The number of hydrogen-bond acceptors (Lipinski definition) is 3. The van der Waals surface area contributed by atoms with E-state index in [1.54, 1.807) is 0 Å². The Bertz CT molecular complexity index is 753. The van der Waals surface area contributed by atoms with Gasteiger partial charge in [0.2, 0.25) is 0 Å². The molecule has 1 amide bonds. The summed E-state index contributed by atoms with van der Waals surface area (Å²) in [6.07, 6.45) is 16.1. The van der Waals surface area contributed by atoms with E-state index in [1.165, 1.54) is 75.5 Å². The van der Waals surface area contributed by atoms with Crippen molar-refractivity contribution in [3.8, 4) is 0 Å². The van der Waals surface area contributed by atoms with Crippen LogP contribution in [0.3, 0.4) is 0 Å². The Morgan fingerprint density at radius 2 is 1.73 bits per heavy atom. The van der Waals surface area contributed by atoms with Crippen LogP contribution in [-0.4, -0.2) is 30.8 Å². The fourth-order valence-electron chi connectivity index (χ4n) is 7.39. The normalized spacial score (nSPS) is 34.2. The number of rotatable bonds is 5. The van der Waals surface area contributed by atoms with Crippen molar-refractivity contribution in [1.82, 2.24) is 10.6 Å². The number of allylic oxidation sites excluding steroid dienone is 1. The Morgan fingerprint density at radius 3 is 2.42 bits per heavy atom. The lowest BCUT2D eigenvalue weighted by Gasteiger charge is -2.43. The van der Waals surface area contributed by atoms with Crippen molar-refractivity contribution >= 4 is 11.6 Å². The molecule has 186 valence electrons. The van der Waals surface area contributed by atoms with Crippen molar-refractivity contribution in [2.75, 3.05) is 7.05 Å². The lowest BCUT2D eigenvalue weighted by atomic mass is 9.66. The first kappa shape index (κ1) is 24.8. The minimum Gasteiger partial charge on any atom is -0.385 e. The summed E-state index contributed by atoms with van der Waals surface area (Å²) >= 11 is 0. The highest BCUT2D eigenvalue weighted by molar-refractivity contribution is 6.45. The molecule has 3 saturated carbocycles. The minimum absolute atomic E-state index is 0.0756. The van der Waals surface area contributed by atoms with E-state index in [2.05, 4.69) is 43.3 Å². The summed E-state index contributed by atoms with van der Waals surface area (Å²) in [5.74, 6) is 2.99. The molecule has 0 saturated heterocycles. The van der Waals surface area contributed by atoms with E-state index in [4.69, 9.17) is 0 Å². The molecule has 0 aromatic heterocycles. The molecule has 4 rings (SSSR count). The molecule has 4 heteroatoms. The fourth-order valence-corrected chi connectivity index (χ4v) is 7.39. The maximum atomic E-state index is 13.7. The number of hydrogen-bond donors (Lipinski definition) is 2. The Morgan fingerprint density at radius 1 is 0.970 bits per heavy atom. The minimum atomic E-state index is 0.0756. The van der Waals surface area contributed by atoms with Gasteiger partial charge in [-0.05, 0) is 93.3 Å². The monoisotopic (exact) mass is 455 g/mol. The van der Waals surface area contributed by atoms with E-state index in [9.17, 15) is 4.79 Å². The van der Waals surface area contributed by atoms with Gasteiger partial charge in [0, 0.05) is 30.4 Å². The Kier molecular flexibility index (Phi) is 7.91. The van der Waals surface area contributed by atoms with Crippen molar-refractivity contribution in [2.24, 2.45) is 34.1 Å². The van der Waals surface area contributed by atoms with Crippen molar-refractivity contribution in [3.05, 3.63) is 11.3 Å². The predicted octanol–water partition coefficient (Wildman–Crippen LogP) is 6.41. The van der Waals surface area contributed by atoms with Crippen LogP contribution in [0, 0.1) is 29.1 Å². The molecule has 2 bridgehead atoms. The predicted molar refractivity (Wildman–Crippen MR) is 138 cm³/mol. The molecule has 3 fully saturated rings. The average Bonchev–Trinajstić information content (AvgIpc) is 2.77. The van der Waals surface area contributed by atoms with Gasteiger partial charge in [0.1, 0.15) is 5.71 Å². The topological polar surface area (TPSA) is 53.5 Å². The highest BCUT2D eigenvalue weighted by Gasteiger charge is 2.38. The summed E-state index contributed by atoms with van der Waals surface area (Å²) in [4.78, 5) is 18.3. The molecule has 4 nitrogen and oxygen atoms in total. The smallest absolute Gasteiger partial charge is 0.269 e. The summed E-state index contributed by atoms with van der Waals surface area (Å²) in [6, 6.07) is 0.890. The van der Waals surface area contributed by atoms with Crippen LogP contribution in [0.2, 0.25) is 0 Å². The number of amides is 1. The van der Waals surface area contributed by atoms with Gasteiger partial charge in [-0.1, -0.05) is 47.0 Å². The van der Waals surface area contributed by atoms with Crippen LogP contribution in [-0.2, 0) is 4.79 Å². The van der Waals surface area contributed by atoms with Crippen LogP contribution in [0.25, 0.3) is 0 Å². The largest absolute Gasteiger partial charge is 0.385 e. The molecule has 0 spiro atoms. The second-order valence-electron chi connectivity index (χ2n) is 12.9. The van der Waals surface area contributed by atoms with Crippen LogP contribution in [0.15, 0.2) is 16.3 Å². The fraction of sp³-hybridized carbons (Fsp3) is 0.862. The molecule has 0 radical (unpaired) electrons. The SMILES string of the molecule is CN=C(C(=O)NC1CCC2CC(C)CC1C2)C1=C(NC2CCCCC2)CCC(C(C)(C)C)C1. The summed E-state index contributed by atoms with van der Waals surface area (Å²) < 4.78 is 0. The van der Waals surface area contributed by atoms with Crippen molar-refractivity contribution in [3.63, 3.8) is 0 Å². The van der Waals surface area contributed by atoms with Crippen molar-refractivity contribution in [1.29, 1.82) is 0 Å². The van der Waals surface area contributed by atoms with E-state index >= 15 is 0 Å². The standard InChI is InChI=1S/C29H49N3O/c1-19-15-20-11-13-25(21(16-19)17-20)32-28(33)27(30-5)24-18-22(29(2,3)4)12-14-26(24)31-23-9-7-6-8-10-23/h19-23,25,31H,6-18H2,1-5H3,(H,32,33). The second kappa shape index (κ2) is 10.5. The number of carbonyl (C=O) groups is 1. The van der Waals surface area contributed by atoms with Gasteiger partial charge in [-0.3, -0.25) is 9.79 Å². The molecule has 5 unspecified atom stereocenters. The highest BCUT2D eigenvalue weighted by Crippen LogP contribution is 2.43. The molecule has 0 aromatic rings. The third-order valence-corrected chi connectivity index (χ3v) is 9.34. The zero-order valence-electron chi connectivity index (χ0n) is 22.0. The molecule has 4 aliphatic rings. The molecule has 4 aliphatic carbocycles. The summed E-state index contributed by atoms with van der Waals surface area (Å²) in [5, 5.41) is 7.40. The Balaban J connectivity index is 1.52. The third kappa shape index (κ3) is 6.03. The van der Waals surface area contributed by atoms with Crippen molar-refractivity contribution < 1.29 is 4.79 Å². The van der Waals surface area contributed by atoms with Crippen molar-refractivity contribution in [2.45, 2.75) is 123 Å². The third-order valence-electron chi connectivity index (χ3n) is 9.34. The lowest BCUT2D eigenvalue weighted by molar-refractivity contribution is -0.116. The van der Waals surface area contributed by atoms with Gasteiger partial charge in [0.05, 0.1) is 0 Å². The summed E-state index contributed by atoms with van der Waals surface area (Å²) in [5.41, 5.74) is 3.46. The first-order valence-corrected chi connectivity index (χ1v) is 14.0. The Labute approximate surface area is 202 Å². The molecule has 2 N–H and O–H groups in total. The molecule has 0 aromatic carbocycles. The van der Waals surface area contributed by atoms with E-state index in [0.29, 0.717) is 29.6 Å². The van der Waals surface area contributed by atoms with Crippen LogP contribution in [0.5, 0.6) is 0 Å². The van der Waals surface area contributed by atoms with Gasteiger partial charge in [-0.2, -0.15) is 0 Å². The summed E-state index contributed by atoms with van der Waals surface area (Å²) in [7, 11) is 1.82. The summed E-state index contributed by atoms with van der Waals surface area (Å²) in [6.45, 7) is 9.44. The number of aliphatic imine (C=N–C) groups is 1. The maximum Gasteiger partial charge on any atom is 0.269 e. The molecular formula is C29H49N3O. The van der Waals surface area contributed by atoms with Crippen LogP contribution >= 0.6 is 0 Å². The van der Waals surface area contributed by atoms with Gasteiger partial charge in [0.15, 0.2) is 0 Å². The van der Waals surface area contributed by atoms with Gasteiger partial charge in [-0.15, -0.1) is 0 Å². The zero-order valence-corrected chi connectivity index (χ0v) is 22.0. The van der Waals surface area contributed by atoms with E-state index in [1.807, 2.05) is 7.05 Å². The number of nitrogens with zero attached hydrogens (tertiary/aromatic N) is 1. The molecule has 5 atom stereocenters. The highest BCUT2D eigenvalue weighted by atomic mass is 16.2. The number of carbonyl (C=O) groups excluding carboxylic acids is 1. The number of fused-ring (bicyclic) bond motifs is 2. The van der Waals surface area contributed by atoms with E-state index in [-0.39, 0.29) is 11.3 Å². The maximum absolute atomic E-state index is 13.7.